The Kier molecular flexibility index (Phi) is 2.62. The minimum Gasteiger partial charge on any atom is -0.325 e. The Labute approximate surface area is 106 Å². The Morgan fingerprint density at radius 2 is 2.18 bits per heavy atom. The fourth-order valence-corrected chi connectivity index (χ4v) is 3.62. The van der Waals surface area contributed by atoms with Gasteiger partial charge in [-0.2, -0.15) is 0 Å². The fourth-order valence-electron chi connectivity index (χ4n) is 1.62. The number of hydrogen-bond acceptors (Lipinski definition) is 6. The molecule has 3 rings (SSSR count). The minimum atomic E-state index is 0.484. The Hall–Kier alpha value is -1.37. The monoisotopic (exact) mass is 262 g/mol. The highest BCUT2D eigenvalue weighted by atomic mass is 32.1. The first kappa shape index (κ1) is 10.8. The number of hydrogen-bond donors (Lipinski definition) is 1. The number of thiazole rings is 2. The molecule has 3 heterocycles. The van der Waals surface area contributed by atoms with Gasteiger partial charge in [-0.25, -0.2) is 9.97 Å². The van der Waals surface area contributed by atoms with Gasteiger partial charge in [0.25, 0.3) is 0 Å². The first-order chi connectivity index (χ1) is 8.28. The minimum absolute atomic E-state index is 0.484. The Bertz CT molecular complexity index is 638. The normalized spacial score (nSPS) is 11.2. The summed E-state index contributed by atoms with van der Waals surface area (Å²) in [6.45, 7) is 2.48. The van der Waals surface area contributed by atoms with E-state index >= 15 is 0 Å². The second kappa shape index (κ2) is 4.14. The van der Waals surface area contributed by atoms with E-state index in [0.29, 0.717) is 6.54 Å². The Balaban J connectivity index is 2.16. The van der Waals surface area contributed by atoms with Crippen LogP contribution in [0.3, 0.4) is 0 Å². The number of nitrogens with two attached hydrogens (primary N) is 1. The molecule has 0 atom stereocenters. The quantitative estimate of drug-likeness (QED) is 0.771. The third-order valence-electron chi connectivity index (χ3n) is 2.40. The largest absolute Gasteiger partial charge is 0.325 e. The first-order valence-electron chi connectivity index (χ1n) is 5.15. The number of aromatic nitrogens is 3. The van der Waals surface area contributed by atoms with E-state index in [-0.39, 0.29) is 0 Å². The van der Waals surface area contributed by atoms with E-state index in [1.165, 1.54) is 0 Å². The van der Waals surface area contributed by atoms with Gasteiger partial charge in [0.05, 0.1) is 21.5 Å². The summed E-state index contributed by atoms with van der Waals surface area (Å²) in [7, 11) is 0. The molecule has 17 heavy (non-hydrogen) atoms. The Morgan fingerprint density at radius 3 is 2.88 bits per heavy atom. The number of pyridine rings is 1. The van der Waals surface area contributed by atoms with Gasteiger partial charge in [-0.1, -0.05) is 0 Å². The zero-order chi connectivity index (χ0) is 11.8. The molecule has 0 saturated heterocycles. The average molecular weight is 262 g/mol. The third-order valence-corrected chi connectivity index (χ3v) is 4.77. The van der Waals surface area contributed by atoms with Gasteiger partial charge in [0.1, 0.15) is 15.5 Å². The molecule has 3 aromatic rings. The zero-order valence-corrected chi connectivity index (χ0v) is 10.8. The van der Waals surface area contributed by atoms with E-state index in [0.717, 1.165) is 30.8 Å². The molecule has 0 spiro atoms. The van der Waals surface area contributed by atoms with E-state index in [4.69, 9.17) is 5.73 Å². The second-order valence-corrected chi connectivity index (χ2v) is 5.70. The van der Waals surface area contributed by atoms with Crippen LogP contribution in [0.2, 0.25) is 0 Å². The van der Waals surface area contributed by atoms with Crippen LogP contribution in [0.15, 0.2) is 18.5 Å². The van der Waals surface area contributed by atoms with Crippen molar-refractivity contribution in [3.05, 3.63) is 29.2 Å². The molecule has 0 fully saturated rings. The molecule has 0 radical (unpaired) electrons. The lowest BCUT2D eigenvalue weighted by atomic mass is 10.4. The summed E-state index contributed by atoms with van der Waals surface area (Å²) in [5.41, 5.74) is 7.55. The van der Waals surface area contributed by atoms with Crippen LogP contribution in [0.1, 0.15) is 10.7 Å². The number of fused-ring (bicyclic) bond motifs is 1. The van der Waals surface area contributed by atoms with Gasteiger partial charge < -0.3 is 5.73 Å². The molecule has 4 nitrogen and oxygen atoms in total. The van der Waals surface area contributed by atoms with Gasteiger partial charge in [-0.05, 0) is 13.0 Å². The predicted octanol–water partition coefficient (Wildman–Crippen LogP) is 2.58. The van der Waals surface area contributed by atoms with Gasteiger partial charge in [-0.15, -0.1) is 22.7 Å². The molecule has 0 aliphatic carbocycles. The highest BCUT2D eigenvalue weighted by Crippen LogP contribution is 2.35. The molecule has 0 aromatic carbocycles. The highest BCUT2D eigenvalue weighted by molar-refractivity contribution is 7.25. The molecule has 0 amide bonds. The lowest BCUT2D eigenvalue weighted by Gasteiger charge is -1.88. The summed E-state index contributed by atoms with van der Waals surface area (Å²) in [5, 5.41) is 1.96. The Morgan fingerprint density at radius 1 is 1.29 bits per heavy atom. The zero-order valence-electron chi connectivity index (χ0n) is 9.17. The summed E-state index contributed by atoms with van der Waals surface area (Å²) in [5.74, 6) is 0. The lowest BCUT2D eigenvalue weighted by molar-refractivity contribution is 1.02. The van der Waals surface area contributed by atoms with Crippen LogP contribution >= 0.6 is 22.7 Å². The van der Waals surface area contributed by atoms with Gasteiger partial charge >= 0.3 is 0 Å². The van der Waals surface area contributed by atoms with E-state index in [1.54, 1.807) is 35.1 Å². The van der Waals surface area contributed by atoms with Crippen molar-refractivity contribution < 1.29 is 0 Å². The van der Waals surface area contributed by atoms with E-state index in [9.17, 15) is 0 Å². The molecule has 2 N–H and O–H groups in total. The number of rotatable bonds is 2. The van der Waals surface area contributed by atoms with Crippen LogP contribution in [0.25, 0.3) is 20.1 Å². The highest BCUT2D eigenvalue weighted by Gasteiger charge is 2.13. The van der Waals surface area contributed by atoms with Crippen molar-refractivity contribution in [3.63, 3.8) is 0 Å². The van der Waals surface area contributed by atoms with Crippen LogP contribution < -0.4 is 5.73 Å². The maximum atomic E-state index is 5.61. The summed E-state index contributed by atoms with van der Waals surface area (Å²) in [4.78, 5) is 14.2. The maximum absolute atomic E-state index is 5.61. The van der Waals surface area contributed by atoms with Crippen molar-refractivity contribution in [3.8, 4) is 9.88 Å². The van der Waals surface area contributed by atoms with E-state index in [1.807, 2.05) is 13.0 Å². The molecular weight excluding hydrogens is 252 g/mol. The van der Waals surface area contributed by atoms with Crippen molar-refractivity contribution >= 4 is 32.9 Å². The van der Waals surface area contributed by atoms with Gasteiger partial charge in [0.2, 0.25) is 0 Å². The van der Waals surface area contributed by atoms with Gasteiger partial charge in [-0.3, -0.25) is 4.98 Å². The van der Waals surface area contributed by atoms with Crippen molar-refractivity contribution in [2.45, 2.75) is 13.5 Å². The van der Waals surface area contributed by atoms with Crippen molar-refractivity contribution in [2.24, 2.45) is 5.73 Å². The predicted molar refractivity (Wildman–Crippen MR) is 71.2 cm³/mol. The second-order valence-electron chi connectivity index (χ2n) is 3.59. The SMILES string of the molecule is Cc1nc(CN)sc1-c1nc2cnccc2s1. The van der Waals surface area contributed by atoms with Crippen molar-refractivity contribution in [1.82, 2.24) is 15.0 Å². The molecule has 0 bridgehead atoms. The van der Waals surface area contributed by atoms with E-state index < -0.39 is 0 Å². The first-order valence-corrected chi connectivity index (χ1v) is 6.78. The smallest absolute Gasteiger partial charge is 0.136 e. The summed E-state index contributed by atoms with van der Waals surface area (Å²) in [6.07, 6.45) is 3.57. The van der Waals surface area contributed by atoms with E-state index in [2.05, 4.69) is 15.0 Å². The standard InChI is InChI=1S/C11H10N4S2/c1-6-10(17-9(4-12)14-6)11-15-7-5-13-3-2-8(7)16-11/h2-3,5H,4,12H2,1H3. The maximum Gasteiger partial charge on any atom is 0.136 e. The van der Waals surface area contributed by atoms with Crippen LogP contribution in [0.5, 0.6) is 0 Å². The number of aryl methyl sites for hydroxylation is 1. The molecule has 0 saturated carbocycles. The van der Waals surface area contributed by atoms with Crippen LogP contribution in [-0.4, -0.2) is 15.0 Å². The third kappa shape index (κ3) is 1.84. The molecule has 86 valence electrons. The van der Waals surface area contributed by atoms with Gasteiger partial charge in [0, 0.05) is 12.7 Å². The topological polar surface area (TPSA) is 64.7 Å². The van der Waals surface area contributed by atoms with Crippen LogP contribution in [-0.2, 0) is 6.54 Å². The van der Waals surface area contributed by atoms with Crippen molar-refractivity contribution in [1.29, 1.82) is 0 Å². The fraction of sp³-hybridized carbons (Fsp3) is 0.182. The molecule has 0 aliphatic heterocycles. The molecule has 0 aliphatic rings. The summed E-state index contributed by atoms with van der Waals surface area (Å²) in [6, 6.07) is 1.98. The molecular formula is C11H10N4S2. The van der Waals surface area contributed by atoms with Crippen LogP contribution in [0.4, 0.5) is 0 Å². The summed E-state index contributed by atoms with van der Waals surface area (Å²) < 4.78 is 1.15. The molecule has 3 aromatic heterocycles. The molecule has 0 unspecified atom stereocenters. The van der Waals surface area contributed by atoms with Gasteiger partial charge in [0.15, 0.2) is 0 Å². The molecule has 6 heteroatoms. The van der Waals surface area contributed by atoms with Crippen LogP contribution in [0, 0.1) is 6.92 Å². The summed E-state index contributed by atoms with van der Waals surface area (Å²) >= 11 is 3.29. The van der Waals surface area contributed by atoms with Crippen molar-refractivity contribution in [2.75, 3.05) is 0 Å². The number of nitrogens with zero attached hydrogens (tertiary/aromatic N) is 3. The average Bonchev–Trinajstić information content (AvgIpc) is 2.91. The lowest BCUT2D eigenvalue weighted by Crippen LogP contribution is -1.94.